The molecule has 2 N–H and O–H groups in total. The van der Waals surface area contributed by atoms with Crippen LogP contribution in [0.1, 0.15) is 34.8 Å². The number of pyridine rings is 1. The SMILES string of the molecule is Cc1nn2cc(CCNC(=O)[C@H]3[C@@H]4CNC[C@@H](C4)c4cccc(=O)n43)nc2s1. The summed E-state index contributed by atoms with van der Waals surface area (Å²) in [6.07, 6.45) is 3.48. The lowest BCUT2D eigenvalue weighted by molar-refractivity contribution is -0.126. The Morgan fingerprint density at radius 3 is 3.14 bits per heavy atom. The van der Waals surface area contributed by atoms with Crippen LogP contribution in [0, 0.1) is 12.8 Å². The van der Waals surface area contributed by atoms with Crippen LogP contribution in [0.15, 0.2) is 29.2 Å². The number of hydrogen-bond acceptors (Lipinski definition) is 6. The van der Waals surface area contributed by atoms with Crippen molar-refractivity contribution >= 4 is 22.2 Å². The number of rotatable bonds is 4. The fraction of sp³-hybridized carbons (Fsp3) is 0.474. The number of hydrogen-bond donors (Lipinski definition) is 2. The molecule has 0 aromatic carbocycles. The van der Waals surface area contributed by atoms with Gasteiger partial charge in [0.05, 0.1) is 11.9 Å². The lowest BCUT2D eigenvalue weighted by Crippen LogP contribution is -2.52. The van der Waals surface area contributed by atoms with Gasteiger partial charge in [-0.1, -0.05) is 17.4 Å². The first-order chi connectivity index (χ1) is 13.6. The third-order valence-corrected chi connectivity index (χ3v) is 6.53. The van der Waals surface area contributed by atoms with E-state index in [1.165, 1.54) is 0 Å². The highest BCUT2D eigenvalue weighted by atomic mass is 32.1. The third kappa shape index (κ3) is 2.94. The van der Waals surface area contributed by atoms with Crippen molar-refractivity contribution in [2.45, 2.75) is 31.7 Å². The molecule has 0 unspecified atom stereocenters. The molecule has 0 aliphatic carbocycles. The van der Waals surface area contributed by atoms with E-state index < -0.39 is 6.04 Å². The van der Waals surface area contributed by atoms with E-state index in [1.807, 2.05) is 19.2 Å². The van der Waals surface area contributed by atoms with Crippen LogP contribution in [0.25, 0.3) is 4.96 Å². The molecule has 0 radical (unpaired) electrons. The Hall–Kier alpha value is -2.52. The predicted molar refractivity (Wildman–Crippen MR) is 106 cm³/mol. The van der Waals surface area contributed by atoms with Crippen LogP contribution < -0.4 is 16.2 Å². The van der Waals surface area contributed by atoms with E-state index in [9.17, 15) is 9.59 Å². The summed E-state index contributed by atoms with van der Waals surface area (Å²) in [4.78, 5) is 31.0. The average molecular weight is 398 g/mol. The molecule has 3 aromatic rings. The molecule has 3 aromatic heterocycles. The maximum Gasteiger partial charge on any atom is 0.251 e. The highest BCUT2D eigenvalue weighted by molar-refractivity contribution is 7.16. The van der Waals surface area contributed by atoms with Crippen LogP contribution in [-0.2, 0) is 11.2 Å². The molecule has 5 rings (SSSR count). The zero-order chi connectivity index (χ0) is 19.3. The van der Waals surface area contributed by atoms with Gasteiger partial charge in [-0.3, -0.25) is 14.2 Å². The number of carbonyl (C=O) groups is 1. The summed E-state index contributed by atoms with van der Waals surface area (Å²) in [5.41, 5.74) is 1.77. The summed E-state index contributed by atoms with van der Waals surface area (Å²) in [5.74, 6) is 0.347. The molecule has 3 atom stereocenters. The Balaban J connectivity index is 1.32. The molecule has 2 aliphatic heterocycles. The lowest BCUT2D eigenvalue weighted by Gasteiger charge is -2.42. The molecule has 9 heteroatoms. The number of fused-ring (bicyclic) bond motifs is 5. The number of carbonyl (C=O) groups excluding carboxylic acids is 1. The summed E-state index contributed by atoms with van der Waals surface area (Å²) >= 11 is 1.55. The first-order valence-corrected chi connectivity index (χ1v) is 10.4. The van der Waals surface area contributed by atoms with Gasteiger partial charge in [0.15, 0.2) is 0 Å². The molecule has 28 heavy (non-hydrogen) atoms. The normalized spacial score (nSPS) is 23.5. The van der Waals surface area contributed by atoms with Crippen molar-refractivity contribution in [3.05, 3.63) is 51.1 Å². The van der Waals surface area contributed by atoms with E-state index in [0.29, 0.717) is 18.9 Å². The van der Waals surface area contributed by atoms with E-state index in [-0.39, 0.29) is 17.4 Å². The zero-order valence-electron chi connectivity index (χ0n) is 15.6. The van der Waals surface area contributed by atoms with Gasteiger partial charge < -0.3 is 10.6 Å². The topological polar surface area (TPSA) is 93.3 Å². The minimum atomic E-state index is -0.456. The molecule has 146 valence electrons. The predicted octanol–water partition coefficient (Wildman–Crippen LogP) is 0.868. The Kier molecular flexibility index (Phi) is 4.28. The minimum absolute atomic E-state index is 0.0864. The van der Waals surface area contributed by atoms with Crippen LogP contribution >= 0.6 is 11.3 Å². The number of imidazole rings is 1. The second kappa shape index (κ2) is 6.82. The lowest BCUT2D eigenvalue weighted by atomic mass is 9.79. The van der Waals surface area contributed by atoms with Gasteiger partial charge in [-0.05, 0) is 19.4 Å². The molecule has 1 saturated heterocycles. The van der Waals surface area contributed by atoms with Gasteiger partial charge in [0.2, 0.25) is 10.9 Å². The third-order valence-electron chi connectivity index (χ3n) is 5.69. The van der Waals surface area contributed by atoms with Gasteiger partial charge in [0, 0.05) is 49.7 Å². The quantitative estimate of drug-likeness (QED) is 0.680. The second-order valence-corrected chi connectivity index (χ2v) is 8.74. The summed E-state index contributed by atoms with van der Waals surface area (Å²) in [5, 5.41) is 11.8. The molecule has 5 heterocycles. The van der Waals surface area contributed by atoms with Gasteiger partial charge in [-0.25, -0.2) is 9.50 Å². The van der Waals surface area contributed by atoms with Crippen LogP contribution in [-0.4, -0.2) is 44.7 Å². The van der Waals surface area contributed by atoms with E-state index in [0.717, 1.165) is 40.9 Å². The monoisotopic (exact) mass is 398 g/mol. The standard InChI is InChI=1S/C19H22N6O2S/c1-11-23-24-10-14(22-19(24)28-11)5-6-21-18(27)17-13-7-12(8-20-9-13)15-3-2-4-16(26)25(15)17/h2-4,10,12-13,17,20H,5-9H2,1H3,(H,21,27)/t12-,13+,17-/m1/s1. The van der Waals surface area contributed by atoms with Crippen LogP contribution in [0.5, 0.6) is 0 Å². The molecule has 0 saturated carbocycles. The summed E-state index contributed by atoms with van der Waals surface area (Å²) < 4.78 is 3.50. The molecule has 8 nitrogen and oxygen atoms in total. The van der Waals surface area contributed by atoms with Crippen molar-refractivity contribution in [3.8, 4) is 0 Å². The molecular formula is C19H22N6O2S. The van der Waals surface area contributed by atoms with Gasteiger partial charge in [-0.2, -0.15) is 5.10 Å². The smallest absolute Gasteiger partial charge is 0.251 e. The van der Waals surface area contributed by atoms with Gasteiger partial charge in [0.1, 0.15) is 11.0 Å². The summed E-state index contributed by atoms with van der Waals surface area (Å²) in [7, 11) is 0. The van der Waals surface area contributed by atoms with E-state index in [4.69, 9.17) is 0 Å². The number of amides is 1. The van der Waals surface area contributed by atoms with Crippen LogP contribution in [0.4, 0.5) is 0 Å². The van der Waals surface area contributed by atoms with Crippen molar-refractivity contribution in [3.63, 3.8) is 0 Å². The van der Waals surface area contributed by atoms with Crippen molar-refractivity contribution < 1.29 is 4.79 Å². The number of nitrogens with one attached hydrogen (secondary N) is 2. The first kappa shape index (κ1) is 17.6. The highest BCUT2D eigenvalue weighted by Crippen LogP contribution is 2.38. The van der Waals surface area contributed by atoms with E-state index in [2.05, 4.69) is 20.7 Å². The van der Waals surface area contributed by atoms with Crippen LogP contribution in [0.3, 0.4) is 0 Å². The molecule has 0 spiro atoms. The second-order valence-electron chi connectivity index (χ2n) is 7.58. The fourth-order valence-corrected chi connectivity index (χ4v) is 5.26. The van der Waals surface area contributed by atoms with Crippen molar-refractivity contribution in [1.29, 1.82) is 0 Å². The molecule has 2 bridgehead atoms. The molecule has 2 aliphatic rings. The highest BCUT2D eigenvalue weighted by Gasteiger charge is 2.41. The van der Waals surface area contributed by atoms with E-state index in [1.54, 1.807) is 32.6 Å². The number of nitrogens with zero attached hydrogens (tertiary/aromatic N) is 4. The maximum atomic E-state index is 13.0. The minimum Gasteiger partial charge on any atom is -0.354 e. The Morgan fingerprint density at radius 1 is 1.39 bits per heavy atom. The number of aryl methyl sites for hydroxylation is 1. The fourth-order valence-electron chi connectivity index (χ4n) is 4.51. The average Bonchev–Trinajstić information content (AvgIpc) is 3.20. The Labute approximate surface area is 165 Å². The van der Waals surface area contributed by atoms with Gasteiger partial charge >= 0.3 is 0 Å². The number of aromatic nitrogens is 4. The largest absolute Gasteiger partial charge is 0.354 e. The Bertz CT molecular complexity index is 1070. The Morgan fingerprint density at radius 2 is 2.29 bits per heavy atom. The van der Waals surface area contributed by atoms with E-state index >= 15 is 0 Å². The van der Waals surface area contributed by atoms with Crippen molar-refractivity contribution in [2.24, 2.45) is 5.92 Å². The summed E-state index contributed by atoms with van der Waals surface area (Å²) in [6, 6.07) is 4.86. The maximum absolute atomic E-state index is 13.0. The van der Waals surface area contributed by atoms with Crippen LogP contribution in [0.2, 0.25) is 0 Å². The first-order valence-electron chi connectivity index (χ1n) is 9.62. The van der Waals surface area contributed by atoms with Gasteiger partial charge in [-0.15, -0.1) is 0 Å². The van der Waals surface area contributed by atoms with Gasteiger partial charge in [0.25, 0.3) is 5.56 Å². The number of piperidine rings is 1. The van der Waals surface area contributed by atoms with Crippen molar-refractivity contribution in [2.75, 3.05) is 19.6 Å². The zero-order valence-corrected chi connectivity index (χ0v) is 16.4. The summed E-state index contributed by atoms with van der Waals surface area (Å²) in [6.45, 7) is 4.06. The molecule has 1 fully saturated rings. The molecule has 1 amide bonds. The van der Waals surface area contributed by atoms with Crippen molar-refractivity contribution in [1.82, 2.24) is 29.8 Å². The molecular weight excluding hydrogens is 376 g/mol.